The Hall–Kier alpha value is -1.94. The molecule has 5 heteroatoms. The number of halogens is 2. The zero-order valence-corrected chi connectivity index (χ0v) is 11.9. The Morgan fingerprint density at radius 2 is 2.05 bits per heavy atom. The molecule has 0 aliphatic heterocycles. The van der Waals surface area contributed by atoms with Crippen LogP contribution in [0.5, 0.6) is 0 Å². The monoisotopic (exact) mass is 289 g/mol. The number of hydrogen-bond donors (Lipinski definition) is 0. The molecule has 0 fully saturated rings. The van der Waals surface area contributed by atoms with Crippen LogP contribution in [0.15, 0.2) is 30.5 Å². The average molecular weight is 290 g/mol. The van der Waals surface area contributed by atoms with Crippen molar-refractivity contribution in [2.24, 2.45) is 0 Å². The van der Waals surface area contributed by atoms with E-state index in [1.54, 1.807) is 6.20 Å². The van der Waals surface area contributed by atoms with Gasteiger partial charge in [-0.3, -0.25) is 4.57 Å². The molecule has 0 spiro atoms. The van der Waals surface area contributed by atoms with E-state index in [1.165, 1.54) is 12.1 Å². The van der Waals surface area contributed by atoms with Gasteiger partial charge >= 0.3 is 0 Å². The highest BCUT2D eigenvalue weighted by Crippen LogP contribution is 2.24. The van der Waals surface area contributed by atoms with E-state index in [9.17, 15) is 4.39 Å². The first-order valence-corrected chi connectivity index (χ1v) is 6.80. The highest BCUT2D eigenvalue weighted by atomic mass is 35.5. The van der Waals surface area contributed by atoms with E-state index in [2.05, 4.69) is 9.97 Å². The van der Waals surface area contributed by atoms with Crippen LogP contribution in [-0.2, 0) is 5.88 Å². The summed E-state index contributed by atoms with van der Waals surface area (Å²) >= 11 is 5.98. The van der Waals surface area contributed by atoms with E-state index in [-0.39, 0.29) is 11.7 Å². The highest BCUT2D eigenvalue weighted by molar-refractivity contribution is 6.17. The summed E-state index contributed by atoms with van der Waals surface area (Å²) in [5, 5.41) is 0. The smallest absolute Gasteiger partial charge is 0.164 e. The second-order valence-corrected chi connectivity index (χ2v) is 5.05. The van der Waals surface area contributed by atoms with Gasteiger partial charge in [-0.2, -0.15) is 0 Å². The van der Waals surface area contributed by atoms with Gasteiger partial charge in [0.1, 0.15) is 17.2 Å². The third kappa shape index (κ3) is 2.06. The van der Waals surface area contributed by atoms with Gasteiger partial charge in [-0.05, 0) is 49.2 Å². The van der Waals surface area contributed by atoms with Crippen LogP contribution >= 0.6 is 11.6 Å². The van der Waals surface area contributed by atoms with Gasteiger partial charge in [0.25, 0.3) is 0 Å². The number of alkyl halides is 1. The predicted octanol–water partition coefficient (Wildman–Crippen LogP) is 3.92. The van der Waals surface area contributed by atoms with Crippen molar-refractivity contribution >= 4 is 22.8 Å². The zero-order valence-electron chi connectivity index (χ0n) is 11.2. The van der Waals surface area contributed by atoms with Crippen LogP contribution in [0, 0.1) is 19.7 Å². The molecule has 0 saturated carbocycles. The van der Waals surface area contributed by atoms with Gasteiger partial charge < -0.3 is 0 Å². The molecule has 0 unspecified atom stereocenters. The summed E-state index contributed by atoms with van der Waals surface area (Å²) in [6, 6.07) is 6.74. The number of rotatable bonds is 2. The average Bonchev–Trinajstić information content (AvgIpc) is 2.77. The maximum atomic E-state index is 13.6. The Morgan fingerprint density at radius 1 is 1.25 bits per heavy atom. The number of aryl methyl sites for hydroxylation is 2. The first-order valence-electron chi connectivity index (χ1n) is 6.26. The van der Waals surface area contributed by atoms with Gasteiger partial charge in [-0.1, -0.05) is 0 Å². The standard InChI is InChI=1S/C15H13ClFN3/c1-9-5-11(17)7-12(6-9)20-13(8-16)19-14-10(2)3-4-18-15(14)20/h3-7H,8H2,1-2H3. The minimum Gasteiger partial charge on any atom is -0.280 e. The van der Waals surface area contributed by atoms with Gasteiger partial charge in [0.15, 0.2) is 5.65 Å². The van der Waals surface area contributed by atoms with Crippen molar-refractivity contribution in [3.8, 4) is 5.69 Å². The molecular weight excluding hydrogens is 277 g/mol. The minimum atomic E-state index is -0.282. The van der Waals surface area contributed by atoms with Gasteiger partial charge in [0.05, 0.1) is 11.6 Å². The number of fused-ring (bicyclic) bond motifs is 1. The normalized spacial score (nSPS) is 11.2. The van der Waals surface area contributed by atoms with Crippen LogP contribution < -0.4 is 0 Å². The van der Waals surface area contributed by atoms with Gasteiger partial charge in [-0.25, -0.2) is 14.4 Å². The number of imidazole rings is 1. The number of hydrogen-bond acceptors (Lipinski definition) is 2. The minimum absolute atomic E-state index is 0.241. The molecule has 0 atom stereocenters. The second kappa shape index (κ2) is 4.87. The van der Waals surface area contributed by atoms with Crippen LogP contribution in [0.4, 0.5) is 4.39 Å². The molecule has 2 heterocycles. The highest BCUT2D eigenvalue weighted by Gasteiger charge is 2.15. The molecule has 20 heavy (non-hydrogen) atoms. The number of pyridine rings is 1. The summed E-state index contributed by atoms with van der Waals surface area (Å²) in [7, 11) is 0. The van der Waals surface area contributed by atoms with Gasteiger partial charge in [0, 0.05) is 6.20 Å². The fourth-order valence-corrected chi connectivity index (χ4v) is 2.53. The summed E-state index contributed by atoms with van der Waals surface area (Å²) in [6.45, 7) is 3.82. The SMILES string of the molecule is Cc1cc(F)cc(-n2c(CCl)nc3c(C)ccnc32)c1. The third-order valence-corrected chi connectivity index (χ3v) is 3.46. The van der Waals surface area contributed by atoms with E-state index >= 15 is 0 Å². The van der Waals surface area contributed by atoms with Crippen molar-refractivity contribution in [1.29, 1.82) is 0 Å². The molecule has 0 radical (unpaired) electrons. The van der Waals surface area contributed by atoms with Crippen molar-refractivity contribution in [3.63, 3.8) is 0 Å². The fourth-order valence-electron chi connectivity index (χ4n) is 2.35. The van der Waals surface area contributed by atoms with Crippen LogP contribution in [0.3, 0.4) is 0 Å². The summed E-state index contributed by atoms with van der Waals surface area (Å²) in [5.41, 5.74) is 4.05. The van der Waals surface area contributed by atoms with Crippen molar-refractivity contribution in [2.75, 3.05) is 0 Å². The second-order valence-electron chi connectivity index (χ2n) is 4.78. The molecule has 2 aromatic heterocycles. The Kier molecular flexibility index (Phi) is 3.18. The van der Waals surface area contributed by atoms with Crippen LogP contribution in [0.2, 0.25) is 0 Å². The van der Waals surface area contributed by atoms with E-state index < -0.39 is 0 Å². The molecule has 0 amide bonds. The van der Waals surface area contributed by atoms with E-state index in [0.29, 0.717) is 17.2 Å². The Bertz CT molecular complexity index is 775. The number of aromatic nitrogens is 3. The predicted molar refractivity (Wildman–Crippen MR) is 77.9 cm³/mol. The van der Waals surface area contributed by atoms with Crippen molar-refractivity contribution in [1.82, 2.24) is 14.5 Å². The topological polar surface area (TPSA) is 30.7 Å². The molecule has 0 bridgehead atoms. The summed E-state index contributed by atoms with van der Waals surface area (Å²) in [4.78, 5) is 8.88. The van der Waals surface area contributed by atoms with Crippen LogP contribution in [0.1, 0.15) is 17.0 Å². The Morgan fingerprint density at radius 3 is 2.75 bits per heavy atom. The lowest BCUT2D eigenvalue weighted by atomic mass is 10.2. The maximum Gasteiger partial charge on any atom is 0.164 e. The third-order valence-electron chi connectivity index (χ3n) is 3.22. The molecule has 0 aliphatic rings. The lowest BCUT2D eigenvalue weighted by molar-refractivity contribution is 0.625. The first kappa shape index (κ1) is 13.1. The molecule has 0 saturated heterocycles. The molecule has 0 aliphatic carbocycles. The molecular formula is C15H13ClFN3. The quantitative estimate of drug-likeness (QED) is 0.670. The molecule has 3 nitrogen and oxygen atoms in total. The first-order chi connectivity index (χ1) is 9.60. The van der Waals surface area contributed by atoms with E-state index in [0.717, 1.165) is 16.6 Å². The molecule has 3 aromatic rings. The molecule has 0 N–H and O–H groups in total. The maximum absolute atomic E-state index is 13.6. The molecule has 1 aromatic carbocycles. The molecule has 3 rings (SSSR count). The number of nitrogens with zero attached hydrogens (tertiary/aromatic N) is 3. The van der Waals surface area contributed by atoms with Crippen molar-refractivity contribution in [3.05, 3.63) is 53.2 Å². The zero-order chi connectivity index (χ0) is 14.3. The van der Waals surface area contributed by atoms with Gasteiger partial charge in [0.2, 0.25) is 0 Å². The lowest BCUT2D eigenvalue weighted by Gasteiger charge is -2.08. The van der Waals surface area contributed by atoms with Crippen LogP contribution in [-0.4, -0.2) is 14.5 Å². The van der Waals surface area contributed by atoms with Crippen LogP contribution in [0.25, 0.3) is 16.9 Å². The Balaban J connectivity index is 2.37. The Labute approximate surface area is 121 Å². The van der Waals surface area contributed by atoms with Gasteiger partial charge in [-0.15, -0.1) is 11.6 Å². The van der Waals surface area contributed by atoms with Crippen molar-refractivity contribution in [2.45, 2.75) is 19.7 Å². The van der Waals surface area contributed by atoms with E-state index in [1.807, 2.05) is 30.5 Å². The largest absolute Gasteiger partial charge is 0.280 e. The fraction of sp³-hybridized carbons (Fsp3) is 0.200. The van der Waals surface area contributed by atoms with E-state index in [4.69, 9.17) is 11.6 Å². The summed E-state index contributed by atoms with van der Waals surface area (Å²) in [5.74, 6) is 0.620. The lowest BCUT2D eigenvalue weighted by Crippen LogP contribution is -2.01. The van der Waals surface area contributed by atoms with Crippen molar-refractivity contribution < 1.29 is 4.39 Å². The summed E-state index contributed by atoms with van der Waals surface area (Å²) < 4.78 is 15.5. The summed E-state index contributed by atoms with van der Waals surface area (Å²) in [6.07, 6.45) is 1.72. The molecule has 102 valence electrons. The number of benzene rings is 1.